The van der Waals surface area contributed by atoms with Crippen LogP contribution in [-0.4, -0.2) is 25.2 Å². The molecular weight excluding hydrogens is 356 g/mol. The summed E-state index contributed by atoms with van der Waals surface area (Å²) >= 11 is 0. The fourth-order valence-electron chi connectivity index (χ4n) is 2.59. The molecule has 0 aromatic heterocycles. The Balaban J connectivity index is 1.34. The zero-order valence-corrected chi connectivity index (χ0v) is 15.5. The van der Waals surface area contributed by atoms with Crippen molar-refractivity contribution in [2.45, 2.75) is 12.8 Å². The molecule has 0 saturated heterocycles. The van der Waals surface area contributed by atoms with E-state index in [9.17, 15) is 9.59 Å². The normalized spacial score (nSPS) is 12.7. The van der Waals surface area contributed by atoms with E-state index in [0.29, 0.717) is 24.5 Å². The van der Waals surface area contributed by atoms with Crippen molar-refractivity contribution in [2.75, 3.05) is 13.2 Å². The summed E-state index contributed by atoms with van der Waals surface area (Å²) in [4.78, 5) is 24.0. The lowest BCUT2D eigenvalue weighted by Crippen LogP contribution is -2.16. The molecule has 0 radical (unpaired) electrons. The van der Waals surface area contributed by atoms with Gasteiger partial charge in [-0.2, -0.15) is 0 Å². The topological polar surface area (TPSA) is 61.8 Å². The molecule has 1 aliphatic carbocycles. The molecule has 5 nitrogen and oxygen atoms in total. The van der Waals surface area contributed by atoms with Crippen molar-refractivity contribution in [1.82, 2.24) is 0 Å². The molecule has 3 rings (SSSR count). The van der Waals surface area contributed by atoms with Gasteiger partial charge in [0.25, 0.3) is 0 Å². The summed E-state index contributed by atoms with van der Waals surface area (Å²) in [5, 5.41) is 0. The molecule has 0 saturated carbocycles. The van der Waals surface area contributed by atoms with E-state index >= 15 is 0 Å². The van der Waals surface area contributed by atoms with E-state index in [-0.39, 0.29) is 11.9 Å². The van der Waals surface area contributed by atoms with Crippen LogP contribution < -0.4 is 9.47 Å². The minimum absolute atomic E-state index is 0.327. The van der Waals surface area contributed by atoms with Gasteiger partial charge in [0.1, 0.15) is 11.5 Å². The van der Waals surface area contributed by atoms with Crippen molar-refractivity contribution >= 4 is 11.9 Å². The maximum Gasteiger partial charge on any atom is 0.338 e. The number of carbonyl (C=O) groups is 2. The van der Waals surface area contributed by atoms with E-state index in [0.717, 1.165) is 18.6 Å². The molecule has 0 N–H and O–H groups in total. The van der Waals surface area contributed by atoms with E-state index in [1.807, 2.05) is 30.3 Å². The number of benzene rings is 2. The first-order valence-electron chi connectivity index (χ1n) is 9.24. The Hall–Kier alpha value is -3.34. The smallest absolute Gasteiger partial charge is 0.338 e. The number of rotatable bonds is 9. The molecule has 0 spiro atoms. The SMILES string of the molecule is O=C(OCCCCOc1ccccc1)c1ccc(OC(=O)C2C=CC=C2)cc1. The van der Waals surface area contributed by atoms with Gasteiger partial charge in [0.05, 0.1) is 24.7 Å². The Morgan fingerprint density at radius 1 is 0.786 bits per heavy atom. The third kappa shape index (κ3) is 5.84. The van der Waals surface area contributed by atoms with Gasteiger partial charge in [0.2, 0.25) is 0 Å². The van der Waals surface area contributed by atoms with Crippen LogP contribution in [0.1, 0.15) is 23.2 Å². The summed E-state index contributed by atoms with van der Waals surface area (Å²) in [6.07, 6.45) is 8.65. The predicted molar refractivity (Wildman–Crippen MR) is 105 cm³/mol. The van der Waals surface area contributed by atoms with Gasteiger partial charge in [-0.25, -0.2) is 4.79 Å². The molecule has 144 valence electrons. The van der Waals surface area contributed by atoms with E-state index in [4.69, 9.17) is 14.2 Å². The van der Waals surface area contributed by atoms with E-state index in [1.54, 1.807) is 48.6 Å². The second-order valence-electron chi connectivity index (χ2n) is 6.25. The third-order valence-electron chi connectivity index (χ3n) is 4.11. The van der Waals surface area contributed by atoms with Crippen molar-refractivity contribution < 1.29 is 23.8 Å². The summed E-state index contributed by atoms with van der Waals surface area (Å²) in [6.45, 7) is 0.904. The van der Waals surface area contributed by atoms with E-state index in [2.05, 4.69) is 0 Å². The molecule has 5 heteroatoms. The van der Waals surface area contributed by atoms with Crippen LogP contribution in [0.2, 0.25) is 0 Å². The predicted octanol–water partition coefficient (Wildman–Crippen LogP) is 4.35. The standard InChI is InChI=1S/C23H22O5/c24-22(27-17-7-6-16-26-20-10-2-1-3-11-20)19-12-14-21(15-13-19)28-23(25)18-8-4-5-9-18/h1-5,8-15,18H,6-7,16-17H2. The van der Waals surface area contributed by atoms with Crippen LogP contribution in [0.3, 0.4) is 0 Å². The number of ether oxygens (including phenoxy) is 3. The fourth-order valence-corrected chi connectivity index (χ4v) is 2.59. The van der Waals surface area contributed by atoms with E-state index < -0.39 is 5.97 Å². The van der Waals surface area contributed by atoms with Gasteiger partial charge in [-0.15, -0.1) is 0 Å². The van der Waals surface area contributed by atoms with Crippen LogP contribution in [0.5, 0.6) is 11.5 Å². The number of allylic oxidation sites excluding steroid dienone is 2. The van der Waals surface area contributed by atoms with E-state index in [1.165, 1.54) is 0 Å². The molecule has 0 bridgehead atoms. The molecule has 2 aromatic carbocycles. The van der Waals surface area contributed by atoms with Crippen molar-refractivity contribution in [3.05, 3.63) is 84.5 Å². The number of para-hydroxylation sites is 1. The molecule has 0 atom stereocenters. The number of hydrogen-bond donors (Lipinski definition) is 0. The Bertz CT molecular complexity index is 825. The second kappa shape index (κ2) is 10.1. The van der Waals surface area contributed by atoms with Crippen LogP contribution in [-0.2, 0) is 9.53 Å². The lowest BCUT2D eigenvalue weighted by molar-refractivity contribution is -0.135. The maximum absolute atomic E-state index is 12.1. The van der Waals surface area contributed by atoms with Gasteiger partial charge in [0.15, 0.2) is 0 Å². The van der Waals surface area contributed by atoms with Crippen LogP contribution in [0.4, 0.5) is 0 Å². The third-order valence-corrected chi connectivity index (χ3v) is 4.11. The van der Waals surface area contributed by atoms with Gasteiger partial charge in [-0.05, 0) is 49.2 Å². The van der Waals surface area contributed by atoms with Crippen LogP contribution in [0.15, 0.2) is 78.9 Å². The van der Waals surface area contributed by atoms with Gasteiger partial charge in [0, 0.05) is 0 Å². The molecule has 0 unspecified atom stereocenters. The molecule has 0 fully saturated rings. The summed E-state index contributed by atoms with van der Waals surface area (Å²) < 4.78 is 16.1. The average Bonchev–Trinajstić information content (AvgIpc) is 3.27. The minimum Gasteiger partial charge on any atom is -0.494 e. The summed E-state index contributed by atoms with van der Waals surface area (Å²) in [6, 6.07) is 15.9. The Morgan fingerprint density at radius 2 is 1.46 bits per heavy atom. The monoisotopic (exact) mass is 378 g/mol. The zero-order valence-electron chi connectivity index (χ0n) is 15.5. The van der Waals surface area contributed by atoms with Crippen molar-refractivity contribution in [1.29, 1.82) is 0 Å². The van der Waals surface area contributed by atoms with Crippen LogP contribution >= 0.6 is 0 Å². The Morgan fingerprint density at radius 3 is 2.18 bits per heavy atom. The van der Waals surface area contributed by atoms with Gasteiger partial charge in [-0.3, -0.25) is 4.79 Å². The molecule has 0 aliphatic heterocycles. The quantitative estimate of drug-likeness (QED) is 0.369. The zero-order chi connectivity index (χ0) is 19.6. The van der Waals surface area contributed by atoms with Gasteiger partial charge < -0.3 is 14.2 Å². The first kappa shape index (κ1) is 19.4. The number of carbonyl (C=O) groups excluding carboxylic acids is 2. The highest BCUT2D eigenvalue weighted by molar-refractivity contribution is 5.89. The fraction of sp³-hybridized carbons (Fsp3) is 0.217. The molecular formula is C23H22O5. The van der Waals surface area contributed by atoms with Crippen LogP contribution in [0.25, 0.3) is 0 Å². The van der Waals surface area contributed by atoms with Crippen molar-refractivity contribution in [3.8, 4) is 11.5 Å². The first-order valence-corrected chi connectivity index (χ1v) is 9.24. The highest BCUT2D eigenvalue weighted by Crippen LogP contribution is 2.17. The first-order chi connectivity index (χ1) is 13.7. The summed E-state index contributed by atoms with van der Waals surface area (Å²) in [5.74, 6) is 0.130. The molecule has 28 heavy (non-hydrogen) atoms. The highest BCUT2D eigenvalue weighted by Gasteiger charge is 2.17. The Labute approximate surface area is 164 Å². The Kier molecular flexibility index (Phi) is 7.01. The van der Waals surface area contributed by atoms with Crippen molar-refractivity contribution in [2.24, 2.45) is 5.92 Å². The second-order valence-corrected chi connectivity index (χ2v) is 6.25. The average molecular weight is 378 g/mol. The number of unbranched alkanes of at least 4 members (excludes halogenated alkanes) is 1. The minimum atomic E-state index is -0.400. The molecule has 0 amide bonds. The summed E-state index contributed by atoms with van der Waals surface area (Å²) in [5.41, 5.74) is 0.418. The van der Waals surface area contributed by atoms with Crippen molar-refractivity contribution in [3.63, 3.8) is 0 Å². The number of esters is 2. The summed E-state index contributed by atoms with van der Waals surface area (Å²) in [7, 11) is 0. The molecule has 0 heterocycles. The maximum atomic E-state index is 12.1. The lowest BCUT2D eigenvalue weighted by Gasteiger charge is -2.08. The molecule has 1 aliphatic rings. The molecule has 2 aromatic rings. The lowest BCUT2D eigenvalue weighted by atomic mass is 10.2. The largest absolute Gasteiger partial charge is 0.494 e. The number of hydrogen-bond acceptors (Lipinski definition) is 5. The van der Waals surface area contributed by atoms with Gasteiger partial charge >= 0.3 is 11.9 Å². The van der Waals surface area contributed by atoms with Crippen LogP contribution in [0, 0.1) is 5.92 Å². The van der Waals surface area contributed by atoms with Gasteiger partial charge in [-0.1, -0.05) is 42.5 Å². The highest BCUT2D eigenvalue weighted by atomic mass is 16.5.